The Hall–Kier alpha value is -0.120. The smallest absolute Gasteiger partial charge is 0.0697 e. The van der Waals surface area contributed by atoms with Crippen LogP contribution in [0.5, 0.6) is 0 Å². The molecule has 1 spiro atoms. The van der Waals surface area contributed by atoms with Crippen LogP contribution >= 0.6 is 0 Å². The molecule has 1 aliphatic carbocycles. The zero-order chi connectivity index (χ0) is 14.7. The SMILES string of the molecule is CCCNC1CCN(C2CCOC3(CCCC3)C2)CC1C. The molecule has 2 heterocycles. The summed E-state index contributed by atoms with van der Waals surface area (Å²) in [5, 5.41) is 3.74. The molecule has 3 aliphatic rings. The van der Waals surface area contributed by atoms with Crippen LogP contribution < -0.4 is 5.32 Å². The van der Waals surface area contributed by atoms with Gasteiger partial charge in [0.1, 0.15) is 0 Å². The zero-order valence-electron chi connectivity index (χ0n) is 14.1. The molecular formula is C18H34N2O. The lowest BCUT2D eigenvalue weighted by Gasteiger charge is -2.47. The van der Waals surface area contributed by atoms with Gasteiger partial charge in [-0.2, -0.15) is 0 Å². The van der Waals surface area contributed by atoms with Gasteiger partial charge in [0.15, 0.2) is 0 Å². The van der Waals surface area contributed by atoms with Crippen molar-refractivity contribution in [3.8, 4) is 0 Å². The van der Waals surface area contributed by atoms with Gasteiger partial charge in [0.05, 0.1) is 5.60 Å². The number of piperidine rings is 1. The summed E-state index contributed by atoms with van der Waals surface area (Å²) >= 11 is 0. The second kappa shape index (κ2) is 6.97. The van der Waals surface area contributed by atoms with Crippen molar-refractivity contribution in [2.75, 3.05) is 26.2 Å². The van der Waals surface area contributed by atoms with Crippen LogP contribution in [0, 0.1) is 5.92 Å². The van der Waals surface area contributed by atoms with Gasteiger partial charge in [0.2, 0.25) is 0 Å². The number of hydrogen-bond donors (Lipinski definition) is 1. The third-order valence-electron chi connectivity index (χ3n) is 6.09. The van der Waals surface area contributed by atoms with Gasteiger partial charge in [-0.3, -0.25) is 4.90 Å². The molecule has 3 fully saturated rings. The number of ether oxygens (including phenoxy) is 1. The van der Waals surface area contributed by atoms with E-state index in [1.807, 2.05) is 0 Å². The van der Waals surface area contributed by atoms with Crippen molar-refractivity contribution in [1.29, 1.82) is 0 Å². The molecule has 0 bridgehead atoms. The van der Waals surface area contributed by atoms with E-state index in [1.54, 1.807) is 0 Å². The minimum Gasteiger partial charge on any atom is -0.375 e. The molecule has 2 aliphatic heterocycles. The van der Waals surface area contributed by atoms with Crippen molar-refractivity contribution in [2.24, 2.45) is 5.92 Å². The van der Waals surface area contributed by atoms with E-state index in [9.17, 15) is 0 Å². The molecule has 0 aromatic rings. The Morgan fingerprint density at radius 3 is 2.76 bits per heavy atom. The fourth-order valence-electron chi connectivity index (χ4n) is 4.82. The van der Waals surface area contributed by atoms with E-state index in [0.29, 0.717) is 0 Å². The molecule has 3 unspecified atom stereocenters. The van der Waals surface area contributed by atoms with E-state index in [4.69, 9.17) is 4.74 Å². The topological polar surface area (TPSA) is 24.5 Å². The van der Waals surface area contributed by atoms with Gasteiger partial charge in [0, 0.05) is 25.2 Å². The summed E-state index contributed by atoms with van der Waals surface area (Å²) in [4.78, 5) is 2.79. The molecule has 0 aromatic heterocycles. The van der Waals surface area contributed by atoms with E-state index >= 15 is 0 Å². The Balaban J connectivity index is 1.53. The molecule has 21 heavy (non-hydrogen) atoms. The van der Waals surface area contributed by atoms with Crippen LogP contribution in [0.1, 0.15) is 65.2 Å². The minimum absolute atomic E-state index is 0.267. The first-order valence-corrected chi connectivity index (χ1v) is 9.34. The summed E-state index contributed by atoms with van der Waals surface area (Å²) < 4.78 is 6.21. The maximum atomic E-state index is 6.21. The van der Waals surface area contributed by atoms with E-state index in [0.717, 1.165) is 24.6 Å². The highest BCUT2D eigenvalue weighted by molar-refractivity contribution is 4.96. The fraction of sp³-hybridized carbons (Fsp3) is 1.00. The summed E-state index contributed by atoms with van der Waals surface area (Å²) in [6.07, 6.45) is 10.5. The van der Waals surface area contributed by atoms with E-state index in [-0.39, 0.29) is 5.60 Å². The first-order valence-electron chi connectivity index (χ1n) is 9.34. The van der Waals surface area contributed by atoms with E-state index < -0.39 is 0 Å². The average molecular weight is 294 g/mol. The third kappa shape index (κ3) is 3.62. The first-order chi connectivity index (χ1) is 10.2. The molecule has 3 heteroatoms. The molecule has 1 N–H and O–H groups in total. The van der Waals surface area contributed by atoms with E-state index in [2.05, 4.69) is 24.1 Å². The van der Waals surface area contributed by atoms with Gasteiger partial charge >= 0.3 is 0 Å². The average Bonchev–Trinajstić information content (AvgIpc) is 2.94. The van der Waals surface area contributed by atoms with Crippen molar-refractivity contribution in [2.45, 2.75) is 82.9 Å². The molecule has 2 saturated heterocycles. The van der Waals surface area contributed by atoms with Crippen molar-refractivity contribution < 1.29 is 4.74 Å². The standard InChI is InChI=1S/C18H34N2O/c1-3-10-19-17-6-11-20(14-15(17)2)16-7-12-21-18(13-16)8-4-5-9-18/h15-17,19H,3-14H2,1-2H3. The summed E-state index contributed by atoms with van der Waals surface area (Å²) in [5.74, 6) is 0.785. The lowest BCUT2D eigenvalue weighted by Crippen LogP contribution is -2.54. The predicted molar refractivity (Wildman–Crippen MR) is 87.6 cm³/mol. The lowest BCUT2D eigenvalue weighted by molar-refractivity contribution is -0.106. The predicted octanol–water partition coefficient (Wildman–Crippen LogP) is 3.19. The Morgan fingerprint density at radius 1 is 1.24 bits per heavy atom. The quantitative estimate of drug-likeness (QED) is 0.862. The molecule has 0 radical (unpaired) electrons. The maximum absolute atomic E-state index is 6.21. The van der Waals surface area contributed by atoms with Crippen LogP contribution in [-0.2, 0) is 4.74 Å². The van der Waals surface area contributed by atoms with Gasteiger partial charge in [-0.25, -0.2) is 0 Å². The van der Waals surface area contributed by atoms with Gasteiger partial charge < -0.3 is 10.1 Å². The highest BCUT2D eigenvalue weighted by atomic mass is 16.5. The Kier molecular flexibility index (Phi) is 5.23. The zero-order valence-corrected chi connectivity index (χ0v) is 14.1. The third-order valence-corrected chi connectivity index (χ3v) is 6.09. The normalized spacial score (nSPS) is 37.1. The van der Waals surface area contributed by atoms with Crippen LogP contribution in [0.15, 0.2) is 0 Å². The summed E-state index contributed by atoms with van der Waals surface area (Å²) in [6, 6.07) is 1.52. The Bertz CT molecular complexity index is 327. The number of hydrogen-bond acceptors (Lipinski definition) is 3. The molecule has 3 atom stereocenters. The number of likely N-dealkylation sites (tertiary alicyclic amines) is 1. The molecule has 3 nitrogen and oxygen atoms in total. The monoisotopic (exact) mass is 294 g/mol. The second-order valence-electron chi connectivity index (χ2n) is 7.71. The van der Waals surface area contributed by atoms with Crippen molar-refractivity contribution in [3.05, 3.63) is 0 Å². The summed E-state index contributed by atoms with van der Waals surface area (Å²) in [7, 11) is 0. The van der Waals surface area contributed by atoms with Crippen LogP contribution in [0.25, 0.3) is 0 Å². The molecule has 3 rings (SSSR count). The summed E-state index contributed by atoms with van der Waals surface area (Å²) in [6.45, 7) is 9.43. The van der Waals surface area contributed by atoms with Crippen molar-refractivity contribution in [1.82, 2.24) is 10.2 Å². The number of rotatable bonds is 4. The van der Waals surface area contributed by atoms with Gasteiger partial charge in [-0.15, -0.1) is 0 Å². The first kappa shape index (κ1) is 15.8. The number of nitrogens with one attached hydrogen (secondary N) is 1. The summed E-state index contributed by atoms with van der Waals surface area (Å²) in [5.41, 5.74) is 0.267. The van der Waals surface area contributed by atoms with Crippen LogP contribution in [0.4, 0.5) is 0 Å². The fourth-order valence-corrected chi connectivity index (χ4v) is 4.82. The Morgan fingerprint density at radius 2 is 2.05 bits per heavy atom. The van der Waals surface area contributed by atoms with Crippen LogP contribution in [0.2, 0.25) is 0 Å². The highest BCUT2D eigenvalue weighted by Crippen LogP contribution is 2.41. The largest absolute Gasteiger partial charge is 0.375 e. The molecule has 0 amide bonds. The van der Waals surface area contributed by atoms with Crippen LogP contribution in [-0.4, -0.2) is 48.8 Å². The van der Waals surface area contributed by atoms with Gasteiger partial charge in [-0.1, -0.05) is 26.7 Å². The van der Waals surface area contributed by atoms with Crippen molar-refractivity contribution in [3.63, 3.8) is 0 Å². The molecule has 122 valence electrons. The van der Waals surface area contributed by atoms with Gasteiger partial charge in [0.25, 0.3) is 0 Å². The van der Waals surface area contributed by atoms with Crippen molar-refractivity contribution >= 4 is 0 Å². The molecule has 1 saturated carbocycles. The second-order valence-corrected chi connectivity index (χ2v) is 7.71. The maximum Gasteiger partial charge on any atom is 0.0697 e. The van der Waals surface area contributed by atoms with Crippen LogP contribution in [0.3, 0.4) is 0 Å². The molecular weight excluding hydrogens is 260 g/mol. The minimum atomic E-state index is 0.267. The number of nitrogens with zero attached hydrogens (tertiary/aromatic N) is 1. The van der Waals surface area contributed by atoms with Gasteiger partial charge in [-0.05, 0) is 57.5 Å². The Labute approximate surface area is 130 Å². The lowest BCUT2D eigenvalue weighted by atomic mass is 9.85. The highest BCUT2D eigenvalue weighted by Gasteiger charge is 2.42. The van der Waals surface area contributed by atoms with E-state index in [1.165, 1.54) is 71.0 Å². The molecule has 0 aromatic carbocycles.